The molecule has 2 aromatic carbocycles. The van der Waals surface area contributed by atoms with Crippen molar-refractivity contribution in [3.8, 4) is 5.75 Å². The van der Waals surface area contributed by atoms with Crippen molar-refractivity contribution in [3.05, 3.63) is 59.7 Å². The Hall–Kier alpha value is -2.33. The van der Waals surface area contributed by atoms with Gasteiger partial charge in [0.2, 0.25) is 0 Å². The zero-order valence-corrected chi connectivity index (χ0v) is 12.0. The van der Waals surface area contributed by atoms with Crippen LogP contribution in [0, 0.1) is 0 Å². The van der Waals surface area contributed by atoms with Crippen LogP contribution in [0.5, 0.6) is 5.75 Å². The van der Waals surface area contributed by atoms with Crippen LogP contribution in [-0.4, -0.2) is 17.1 Å². The van der Waals surface area contributed by atoms with Crippen molar-refractivity contribution < 1.29 is 14.6 Å². The Balaban J connectivity index is 1.97. The van der Waals surface area contributed by atoms with Crippen molar-refractivity contribution in [2.45, 2.75) is 26.2 Å². The van der Waals surface area contributed by atoms with Crippen LogP contribution >= 0.6 is 0 Å². The van der Waals surface area contributed by atoms with Gasteiger partial charge in [0, 0.05) is 17.2 Å². The number of anilines is 1. The summed E-state index contributed by atoms with van der Waals surface area (Å²) in [6, 6.07) is 14.3. The fourth-order valence-electron chi connectivity index (χ4n) is 2.53. The van der Waals surface area contributed by atoms with E-state index in [9.17, 15) is 9.90 Å². The van der Waals surface area contributed by atoms with Crippen LogP contribution in [0.25, 0.3) is 0 Å². The van der Waals surface area contributed by atoms with E-state index in [0.717, 1.165) is 0 Å². The zero-order valence-electron chi connectivity index (χ0n) is 12.0. The van der Waals surface area contributed by atoms with E-state index in [1.807, 2.05) is 32.0 Å². The highest BCUT2D eigenvalue weighted by Crippen LogP contribution is 2.36. The molecule has 108 valence electrons. The summed E-state index contributed by atoms with van der Waals surface area (Å²) < 4.78 is 5.64. The number of aliphatic hydroxyl groups excluding tert-OH is 1. The van der Waals surface area contributed by atoms with Gasteiger partial charge < -0.3 is 9.84 Å². The first-order chi connectivity index (χ1) is 10.1. The van der Waals surface area contributed by atoms with E-state index in [-0.39, 0.29) is 12.0 Å². The van der Waals surface area contributed by atoms with Crippen molar-refractivity contribution in [3.63, 3.8) is 0 Å². The lowest BCUT2D eigenvalue weighted by Gasteiger charge is -2.22. The second-order valence-electron chi connectivity index (χ2n) is 5.30. The molecule has 0 radical (unpaired) electrons. The van der Waals surface area contributed by atoms with Crippen molar-refractivity contribution in [2.24, 2.45) is 0 Å². The maximum absolute atomic E-state index is 12.5. The summed E-state index contributed by atoms with van der Waals surface area (Å²) in [5.74, 6) is 0.484. The summed E-state index contributed by atoms with van der Waals surface area (Å²) >= 11 is 0. The van der Waals surface area contributed by atoms with Crippen molar-refractivity contribution in [1.82, 2.24) is 0 Å². The molecular formula is C17H17NO3. The van der Waals surface area contributed by atoms with Crippen molar-refractivity contribution in [1.29, 1.82) is 0 Å². The molecule has 0 saturated heterocycles. The second kappa shape index (κ2) is 5.22. The number of hydrogen-bond donors (Lipinski definition) is 1. The first kappa shape index (κ1) is 13.6. The molecule has 3 rings (SSSR count). The van der Waals surface area contributed by atoms with Gasteiger partial charge in [-0.05, 0) is 32.0 Å². The molecule has 1 aliphatic rings. The summed E-state index contributed by atoms with van der Waals surface area (Å²) in [5, 5.41) is 10.4. The number of hydrogen-bond acceptors (Lipinski definition) is 3. The number of carbonyl (C=O) groups excluding carboxylic acids is 1. The molecule has 1 amide bonds. The lowest BCUT2D eigenvalue weighted by molar-refractivity contribution is 0.0935. The Labute approximate surface area is 123 Å². The largest absolute Gasteiger partial charge is 0.491 e. The third kappa shape index (κ3) is 2.38. The first-order valence-corrected chi connectivity index (χ1v) is 6.95. The van der Waals surface area contributed by atoms with E-state index in [1.165, 1.54) is 4.90 Å². The van der Waals surface area contributed by atoms with Crippen LogP contribution in [0.1, 0.15) is 36.0 Å². The van der Waals surface area contributed by atoms with E-state index >= 15 is 0 Å². The van der Waals surface area contributed by atoms with Crippen molar-refractivity contribution >= 4 is 11.6 Å². The van der Waals surface area contributed by atoms with Gasteiger partial charge >= 0.3 is 0 Å². The van der Waals surface area contributed by atoms with Crippen LogP contribution in [-0.2, 0) is 0 Å². The van der Waals surface area contributed by atoms with Crippen molar-refractivity contribution in [2.75, 3.05) is 4.90 Å². The number of amides is 1. The molecule has 21 heavy (non-hydrogen) atoms. The molecule has 0 bridgehead atoms. The monoisotopic (exact) mass is 283 g/mol. The van der Waals surface area contributed by atoms with E-state index in [0.29, 0.717) is 22.6 Å². The minimum atomic E-state index is -0.956. The van der Waals surface area contributed by atoms with Gasteiger partial charge in [0.25, 0.3) is 5.91 Å². The number of nitrogens with zero attached hydrogens (tertiary/aromatic N) is 1. The summed E-state index contributed by atoms with van der Waals surface area (Å²) in [5.41, 5.74) is 1.81. The molecule has 0 fully saturated rings. The van der Waals surface area contributed by atoms with Crippen LogP contribution in [0.15, 0.2) is 48.5 Å². The quantitative estimate of drug-likeness (QED) is 0.941. The normalized spacial score (nSPS) is 17.2. The summed E-state index contributed by atoms with van der Waals surface area (Å²) in [7, 11) is 0. The molecule has 1 atom stereocenters. The van der Waals surface area contributed by atoms with Gasteiger partial charge in [0.15, 0.2) is 6.23 Å². The molecule has 1 N–H and O–H groups in total. The minimum Gasteiger partial charge on any atom is -0.491 e. The predicted octanol–water partition coefficient (Wildman–Crippen LogP) is 3.13. The average molecular weight is 283 g/mol. The SMILES string of the molecule is CC(C)Oc1cccc(N2C(=O)c3ccccc3C2O)c1. The maximum atomic E-state index is 12.5. The van der Waals surface area contributed by atoms with Gasteiger partial charge in [-0.1, -0.05) is 24.3 Å². The van der Waals surface area contributed by atoms with E-state index < -0.39 is 6.23 Å². The Kier molecular flexibility index (Phi) is 3.39. The number of carbonyl (C=O) groups is 1. The van der Waals surface area contributed by atoms with Gasteiger partial charge in [-0.2, -0.15) is 0 Å². The standard InChI is InChI=1S/C17H17NO3/c1-11(2)21-13-7-5-6-12(10-13)18-16(19)14-8-3-4-9-15(14)17(18)20/h3-11,16,19H,1-2H3. The minimum absolute atomic E-state index is 0.0525. The third-order valence-electron chi connectivity index (χ3n) is 3.40. The molecule has 0 spiro atoms. The number of benzene rings is 2. The fraction of sp³-hybridized carbons (Fsp3) is 0.235. The number of ether oxygens (including phenoxy) is 1. The van der Waals surface area contributed by atoms with Gasteiger partial charge in [0.1, 0.15) is 5.75 Å². The smallest absolute Gasteiger partial charge is 0.261 e. The topological polar surface area (TPSA) is 49.8 Å². The van der Waals surface area contributed by atoms with Crippen LogP contribution < -0.4 is 9.64 Å². The van der Waals surface area contributed by atoms with E-state index in [2.05, 4.69) is 0 Å². The molecule has 4 heteroatoms. The Morgan fingerprint density at radius 2 is 1.90 bits per heavy atom. The second-order valence-corrected chi connectivity index (χ2v) is 5.30. The summed E-state index contributed by atoms with van der Waals surface area (Å²) in [4.78, 5) is 13.9. The molecule has 0 aromatic heterocycles. The summed E-state index contributed by atoms with van der Waals surface area (Å²) in [6.45, 7) is 3.89. The molecular weight excluding hydrogens is 266 g/mol. The Morgan fingerprint density at radius 3 is 2.62 bits per heavy atom. The molecule has 0 saturated carbocycles. The molecule has 0 aliphatic carbocycles. The highest BCUT2D eigenvalue weighted by atomic mass is 16.5. The third-order valence-corrected chi connectivity index (χ3v) is 3.40. The van der Waals surface area contributed by atoms with E-state index in [4.69, 9.17) is 4.74 Å². The number of fused-ring (bicyclic) bond motifs is 1. The maximum Gasteiger partial charge on any atom is 0.261 e. The average Bonchev–Trinajstić information content (AvgIpc) is 2.71. The number of rotatable bonds is 3. The number of aliphatic hydroxyl groups is 1. The molecule has 4 nitrogen and oxygen atoms in total. The van der Waals surface area contributed by atoms with Crippen LogP contribution in [0.3, 0.4) is 0 Å². The Morgan fingerprint density at radius 1 is 1.14 bits per heavy atom. The Bertz CT molecular complexity index is 681. The van der Waals surface area contributed by atoms with Gasteiger partial charge in [-0.15, -0.1) is 0 Å². The molecule has 2 aromatic rings. The van der Waals surface area contributed by atoms with Gasteiger partial charge in [-0.25, -0.2) is 0 Å². The highest BCUT2D eigenvalue weighted by Gasteiger charge is 2.36. The predicted molar refractivity (Wildman–Crippen MR) is 80.4 cm³/mol. The lowest BCUT2D eigenvalue weighted by atomic mass is 10.1. The molecule has 1 aliphatic heterocycles. The van der Waals surface area contributed by atoms with Gasteiger partial charge in [-0.3, -0.25) is 9.69 Å². The van der Waals surface area contributed by atoms with Gasteiger partial charge in [0.05, 0.1) is 11.8 Å². The first-order valence-electron chi connectivity index (χ1n) is 6.95. The molecule has 1 heterocycles. The van der Waals surface area contributed by atoms with Crippen LogP contribution in [0.2, 0.25) is 0 Å². The zero-order chi connectivity index (χ0) is 15.0. The highest BCUT2D eigenvalue weighted by molar-refractivity contribution is 6.10. The van der Waals surface area contributed by atoms with E-state index in [1.54, 1.807) is 30.3 Å². The summed E-state index contributed by atoms with van der Waals surface area (Å²) in [6.07, 6.45) is -0.903. The van der Waals surface area contributed by atoms with Crippen LogP contribution in [0.4, 0.5) is 5.69 Å². The fourth-order valence-corrected chi connectivity index (χ4v) is 2.53. The lowest BCUT2D eigenvalue weighted by Crippen LogP contribution is -2.27. The molecule has 1 unspecified atom stereocenters.